The van der Waals surface area contributed by atoms with Crippen molar-refractivity contribution in [3.05, 3.63) is 23.8 Å². The Morgan fingerprint density at radius 2 is 1.94 bits per heavy atom. The van der Waals surface area contributed by atoms with Crippen LogP contribution in [0.15, 0.2) is 18.2 Å². The van der Waals surface area contributed by atoms with E-state index in [9.17, 15) is 4.79 Å². The summed E-state index contributed by atoms with van der Waals surface area (Å²) in [4.78, 5) is 11.6. The number of ether oxygens (including phenoxy) is 2. The normalized spacial score (nSPS) is 13.6. The van der Waals surface area contributed by atoms with Gasteiger partial charge in [-0.1, -0.05) is 0 Å². The van der Waals surface area contributed by atoms with E-state index in [0.29, 0.717) is 11.5 Å². The molecule has 0 aliphatic heterocycles. The van der Waals surface area contributed by atoms with E-state index >= 15 is 0 Å². The molecule has 1 aromatic carbocycles. The number of methoxy groups -OCH3 is 2. The standard InChI is InChI=1S/C13H18ClNO3/c1-8(14)13(16)15-9(2)11-7-10(17-3)5-6-12(11)18-4/h5-9H,1-4H3,(H,15,16). The first kappa shape index (κ1) is 14.6. The first-order chi connectivity index (χ1) is 8.49. The Kier molecular flexibility index (Phi) is 5.28. The molecule has 0 radical (unpaired) electrons. The van der Waals surface area contributed by atoms with E-state index in [1.165, 1.54) is 0 Å². The van der Waals surface area contributed by atoms with Gasteiger partial charge in [0, 0.05) is 5.56 Å². The van der Waals surface area contributed by atoms with Crippen LogP contribution in [0.4, 0.5) is 0 Å². The number of carbonyl (C=O) groups excluding carboxylic acids is 1. The first-order valence-electron chi connectivity index (χ1n) is 5.66. The third-order valence-corrected chi connectivity index (χ3v) is 2.82. The number of rotatable bonds is 5. The average molecular weight is 272 g/mol. The predicted octanol–water partition coefficient (Wildman–Crippen LogP) is 2.51. The van der Waals surface area contributed by atoms with E-state index in [2.05, 4.69) is 5.32 Å². The fraction of sp³-hybridized carbons (Fsp3) is 0.462. The molecule has 0 aromatic heterocycles. The second-order valence-corrected chi connectivity index (χ2v) is 4.61. The van der Waals surface area contributed by atoms with Crippen molar-refractivity contribution in [1.29, 1.82) is 0 Å². The summed E-state index contributed by atoms with van der Waals surface area (Å²) in [6, 6.07) is 5.24. The molecule has 4 nitrogen and oxygen atoms in total. The van der Waals surface area contributed by atoms with Gasteiger partial charge in [-0.05, 0) is 32.0 Å². The third-order valence-electron chi connectivity index (χ3n) is 2.62. The first-order valence-corrected chi connectivity index (χ1v) is 6.09. The van der Waals surface area contributed by atoms with Gasteiger partial charge >= 0.3 is 0 Å². The number of hydrogen-bond acceptors (Lipinski definition) is 3. The summed E-state index contributed by atoms with van der Waals surface area (Å²) in [5, 5.41) is 2.25. The average Bonchev–Trinajstić information content (AvgIpc) is 2.37. The highest BCUT2D eigenvalue weighted by Gasteiger charge is 2.17. The number of halogens is 1. The Morgan fingerprint density at radius 3 is 2.44 bits per heavy atom. The fourth-order valence-corrected chi connectivity index (χ4v) is 1.65. The molecule has 0 aliphatic carbocycles. The van der Waals surface area contributed by atoms with Gasteiger partial charge in [-0.25, -0.2) is 0 Å². The van der Waals surface area contributed by atoms with Gasteiger partial charge in [0.15, 0.2) is 0 Å². The van der Waals surface area contributed by atoms with Crippen molar-refractivity contribution < 1.29 is 14.3 Å². The summed E-state index contributed by atoms with van der Waals surface area (Å²) < 4.78 is 10.4. The molecule has 2 atom stereocenters. The lowest BCUT2D eigenvalue weighted by molar-refractivity contribution is -0.121. The molecule has 1 aromatic rings. The molecule has 5 heteroatoms. The molecule has 0 aliphatic rings. The van der Waals surface area contributed by atoms with Crippen molar-refractivity contribution in [3.8, 4) is 11.5 Å². The lowest BCUT2D eigenvalue weighted by Crippen LogP contribution is -2.32. The highest BCUT2D eigenvalue weighted by atomic mass is 35.5. The predicted molar refractivity (Wildman–Crippen MR) is 71.4 cm³/mol. The number of hydrogen-bond donors (Lipinski definition) is 1. The molecule has 100 valence electrons. The van der Waals surface area contributed by atoms with Crippen molar-refractivity contribution in [2.24, 2.45) is 0 Å². The maximum absolute atomic E-state index is 11.6. The van der Waals surface area contributed by atoms with E-state index in [1.54, 1.807) is 33.3 Å². The number of amides is 1. The Morgan fingerprint density at radius 1 is 1.28 bits per heavy atom. The quantitative estimate of drug-likeness (QED) is 0.837. The molecule has 0 heterocycles. The zero-order valence-electron chi connectivity index (χ0n) is 11.0. The van der Waals surface area contributed by atoms with Crippen LogP contribution in [0.25, 0.3) is 0 Å². The van der Waals surface area contributed by atoms with Crippen molar-refractivity contribution >= 4 is 17.5 Å². The lowest BCUT2D eigenvalue weighted by Gasteiger charge is -2.18. The van der Waals surface area contributed by atoms with Crippen molar-refractivity contribution in [3.63, 3.8) is 0 Å². The van der Waals surface area contributed by atoms with Gasteiger partial charge < -0.3 is 14.8 Å². The summed E-state index contributed by atoms with van der Waals surface area (Å²) >= 11 is 5.72. The van der Waals surface area contributed by atoms with Gasteiger partial charge in [0.2, 0.25) is 5.91 Å². The van der Waals surface area contributed by atoms with E-state index in [-0.39, 0.29) is 11.9 Å². The Balaban J connectivity index is 2.95. The number of alkyl halides is 1. The minimum absolute atomic E-state index is 0.205. The van der Waals surface area contributed by atoms with Gasteiger partial charge in [-0.2, -0.15) is 0 Å². The molecule has 0 saturated heterocycles. The van der Waals surface area contributed by atoms with Crippen LogP contribution in [-0.4, -0.2) is 25.5 Å². The molecular formula is C13H18ClNO3. The SMILES string of the molecule is COc1ccc(OC)c(C(C)NC(=O)C(C)Cl)c1. The molecule has 18 heavy (non-hydrogen) atoms. The number of nitrogens with one attached hydrogen (secondary N) is 1. The van der Waals surface area contributed by atoms with Crippen LogP contribution >= 0.6 is 11.6 Å². The monoisotopic (exact) mass is 271 g/mol. The molecule has 0 fully saturated rings. The summed E-state index contributed by atoms with van der Waals surface area (Å²) in [6.07, 6.45) is 0. The fourth-order valence-electron chi connectivity index (χ4n) is 1.58. The molecule has 1 rings (SSSR count). The molecule has 0 saturated carbocycles. The second-order valence-electron chi connectivity index (χ2n) is 3.95. The minimum atomic E-state index is -0.566. The zero-order valence-corrected chi connectivity index (χ0v) is 11.7. The van der Waals surface area contributed by atoms with Crippen LogP contribution < -0.4 is 14.8 Å². The van der Waals surface area contributed by atoms with Crippen LogP contribution in [0.3, 0.4) is 0 Å². The van der Waals surface area contributed by atoms with Crippen LogP contribution in [0.1, 0.15) is 25.5 Å². The van der Waals surface area contributed by atoms with Crippen LogP contribution in [0.2, 0.25) is 0 Å². The largest absolute Gasteiger partial charge is 0.497 e. The Hall–Kier alpha value is -1.42. The summed E-state index contributed by atoms with van der Waals surface area (Å²) in [7, 11) is 3.18. The van der Waals surface area contributed by atoms with Gasteiger partial charge in [0.25, 0.3) is 0 Å². The van der Waals surface area contributed by atoms with Gasteiger partial charge in [0.1, 0.15) is 16.9 Å². The Labute approximate surface area is 112 Å². The minimum Gasteiger partial charge on any atom is -0.497 e. The summed E-state index contributed by atoms with van der Waals surface area (Å²) in [6.45, 7) is 3.50. The van der Waals surface area contributed by atoms with Crippen molar-refractivity contribution in [1.82, 2.24) is 5.32 Å². The maximum Gasteiger partial charge on any atom is 0.238 e. The molecule has 0 bridgehead atoms. The molecule has 1 amide bonds. The number of carbonyl (C=O) groups is 1. The molecular weight excluding hydrogens is 254 g/mol. The van der Waals surface area contributed by atoms with Crippen LogP contribution in [0.5, 0.6) is 11.5 Å². The summed E-state index contributed by atoms with van der Waals surface area (Å²) in [5.74, 6) is 1.20. The molecule has 2 unspecified atom stereocenters. The molecule has 0 spiro atoms. The van der Waals surface area contributed by atoms with Crippen molar-refractivity contribution in [2.45, 2.75) is 25.3 Å². The van der Waals surface area contributed by atoms with Gasteiger partial charge in [0.05, 0.1) is 20.3 Å². The number of benzene rings is 1. The van der Waals surface area contributed by atoms with E-state index < -0.39 is 5.38 Å². The third kappa shape index (κ3) is 3.53. The Bertz CT molecular complexity index is 421. The highest BCUT2D eigenvalue weighted by molar-refractivity contribution is 6.30. The second kappa shape index (κ2) is 6.50. The smallest absolute Gasteiger partial charge is 0.238 e. The van der Waals surface area contributed by atoms with Crippen LogP contribution in [-0.2, 0) is 4.79 Å². The highest BCUT2D eigenvalue weighted by Crippen LogP contribution is 2.29. The van der Waals surface area contributed by atoms with E-state index in [0.717, 1.165) is 5.56 Å². The van der Waals surface area contributed by atoms with Gasteiger partial charge in [-0.3, -0.25) is 4.79 Å². The van der Waals surface area contributed by atoms with Gasteiger partial charge in [-0.15, -0.1) is 11.6 Å². The topological polar surface area (TPSA) is 47.6 Å². The maximum atomic E-state index is 11.6. The zero-order chi connectivity index (χ0) is 13.7. The summed E-state index contributed by atoms with van der Waals surface area (Å²) in [5.41, 5.74) is 0.850. The van der Waals surface area contributed by atoms with Crippen LogP contribution in [0, 0.1) is 0 Å². The lowest BCUT2D eigenvalue weighted by atomic mass is 10.1. The van der Waals surface area contributed by atoms with Crippen molar-refractivity contribution in [2.75, 3.05) is 14.2 Å². The van der Waals surface area contributed by atoms with E-state index in [1.807, 2.05) is 13.0 Å². The van der Waals surface area contributed by atoms with E-state index in [4.69, 9.17) is 21.1 Å². The molecule has 1 N–H and O–H groups in total.